The van der Waals surface area contributed by atoms with E-state index in [-0.39, 0.29) is 23.9 Å². The fourth-order valence-electron chi connectivity index (χ4n) is 1.03. The van der Waals surface area contributed by atoms with Crippen LogP contribution in [0.1, 0.15) is 6.42 Å². The lowest BCUT2D eigenvalue weighted by atomic mass is 10.4. The Hall–Kier alpha value is -1.96. The number of ether oxygens (including phenoxy) is 1. The number of hydrogen-bond donors (Lipinski definition) is 1. The number of esters is 1. The molecule has 9 heteroatoms. The number of aromatic nitrogens is 2. The van der Waals surface area contributed by atoms with E-state index in [9.17, 15) is 14.9 Å². The van der Waals surface area contributed by atoms with Crippen LogP contribution in [0.2, 0.25) is 5.15 Å². The lowest BCUT2D eigenvalue weighted by Gasteiger charge is -2.05. The first-order chi connectivity index (χ1) is 8.06. The van der Waals surface area contributed by atoms with E-state index in [1.807, 2.05) is 0 Å². The van der Waals surface area contributed by atoms with Gasteiger partial charge in [-0.1, -0.05) is 11.6 Å². The van der Waals surface area contributed by atoms with E-state index in [2.05, 4.69) is 20.0 Å². The van der Waals surface area contributed by atoms with Gasteiger partial charge in [-0.15, -0.1) is 0 Å². The van der Waals surface area contributed by atoms with Crippen LogP contribution in [-0.2, 0) is 9.53 Å². The first kappa shape index (κ1) is 13.1. The number of anilines is 1. The zero-order valence-electron chi connectivity index (χ0n) is 8.84. The number of hydrogen-bond acceptors (Lipinski definition) is 7. The van der Waals surface area contributed by atoms with Gasteiger partial charge in [-0.05, 0) is 0 Å². The zero-order chi connectivity index (χ0) is 12.8. The summed E-state index contributed by atoms with van der Waals surface area (Å²) >= 11 is 5.57. The van der Waals surface area contributed by atoms with Crippen LogP contribution < -0.4 is 5.32 Å². The van der Waals surface area contributed by atoms with Gasteiger partial charge in [-0.3, -0.25) is 14.9 Å². The van der Waals surface area contributed by atoms with Crippen LogP contribution in [0.4, 0.5) is 11.5 Å². The Balaban J connectivity index is 2.74. The molecule has 0 aromatic carbocycles. The van der Waals surface area contributed by atoms with E-state index in [1.54, 1.807) is 0 Å². The number of nitrogens with one attached hydrogen (secondary N) is 1. The van der Waals surface area contributed by atoms with Crippen molar-refractivity contribution in [1.29, 1.82) is 0 Å². The second-order valence-corrected chi connectivity index (χ2v) is 3.23. The molecular formula is C8H9ClN4O4. The average molecular weight is 261 g/mol. The first-order valence-corrected chi connectivity index (χ1v) is 4.89. The van der Waals surface area contributed by atoms with Crippen LogP contribution in [0, 0.1) is 10.1 Å². The minimum Gasteiger partial charge on any atom is -0.469 e. The van der Waals surface area contributed by atoms with Gasteiger partial charge in [0.25, 0.3) is 0 Å². The number of methoxy groups -OCH3 is 1. The van der Waals surface area contributed by atoms with E-state index < -0.39 is 16.6 Å². The van der Waals surface area contributed by atoms with Crippen LogP contribution in [0.15, 0.2) is 6.33 Å². The van der Waals surface area contributed by atoms with E-state index in [0.29, 0.717) is 0 Å². The first-order valence-electron chi connectivity index (χ1n) is 4.51. The summed E-state index contributed by atoms with van der Waals surface area (Å²) in [6, 6.07) is 0. The van der Waals surface area contributed by atoms with Gasteiger partial charge in [0.2, 0.25) is 11.0 Å². The molecule has 17 heavy (non-hydrogen) atoms. The van der Waals surface area contributed by atoms with Crippen molar-refractivity contribution in [1.82, 2.24) is 9.97 Å². The molecule has 0 aliphatic rings. The van der Waals surface area contributed by atoms with Crippen molar-refractivity contribution < 1.29 is 14.5 Å². The van der Waals surface area contributed by atoms with Crippen LogP contribution in [0.5, 0.6) is 0 Å². The highest BCUT2D eigenvalue weighted by Gasteiger charge is 2.21. The summed E-state index contributed by atoms with van der Waals surface area (Å²) in [5, 5.41) is 13.1. The Labute approximate surface area is 101 Å². The molecule has 0 radical (unpaired) electrons. The van der Waals surface area contributed by atoms with Crippen molar-refractivity contribution in [3.8, 4) is 0 Å². The molecular weight excluding hydrogens is 252 g/mol. The molecule has 0 saturated carbocycles. The molecule has 0 amide bonds. The average Bonchev–Trinajstić information content (AvgIpc) is 2.28. The second kappa shape index (κ2) is 5.94. The van der Waals surface area contributed by atoms with Gasteiger partial charge in [-0.25, -0.2) is 9.97 Å². The second-order valence-electron chi connectivity index (χ2n) is 2.87. The van der Waals surface area contributed by atoms with Gasteiger partial charge in [0.15, 0.2) is 0 Å². The maximum atomic E-state index is 10.8. The normalized spacial score (nSPS) is 9.76. The molecule has 0 aliphatic heterocycles. The van der Waals surface area contributed by atoms with E-state index in [4.69, 9.17) is 11.6 Å². The third-order valence-electron chi connectivity index (χ3n) is 1.81. The topological polar surface area (TPSA) is 107 Å². The summed E-state index contributed by atoms with van der Waals surface area (Å²) in [7, 11) is 1.26. The van der Waals surface area contributed by atoms with Crippen LogP contribution in [0.25, 0.3) is 0 Å². The van der Waals surface area contributed by atoms with Gasteiger partial charge < -0.3 is 10.1 Å². The summed E-state index contributed by atoms with van der Waals surface area (Å²) < 4.78 is 4.42. The highest BCUT2D eigenvalue weighted by atomic mass is 35.5. The van der Waals surface area contributed by atoms with Gasteiger partial charge in [0, 0.05) is 6.54 Å². The summed E-state index contributed by atoms with van der Waals surface area (Å²) in [6.45, 7) is 0.154. The SMILES string of the molecule is COC(=O)CCNc1ncnc(Cl)c1[N+](=O)[O-]. The largest absolute Gasteiger partial charge is 0.469 e. The number of nitro groups is 1. The fourth-order valence-corrected chi connectivity index (χ4v) is 1.24. The molecule has 1 N–H and O–H groups in total. The lowest BCUT2D eigenvalue weighted by Crippen LogP contribution is -2.12. The summed E-state index contributed by atoms with van der Waals surface area (Å²) in [6.07, 6.45) is 1.16. The minimum absolute atomic E-state index is 0.0288. The predicted molar refractivity (Wildman–Crippen MR) is 58.8 cm³/mol. The molecule has 1 aromatic rings. The third-order valence-corrected chi connectivity index (χ3v) is 2.09. The molecule has 0 unspecified atom stereocenters. The van der Waals surface area contributed by atoms with Crippen LogP contribution in [0.3, 0.4) is 0 Å². The Kier molecular flexibility index (Phi) is 4.58. The fraction of sp³-hybridized carbons (Fsp3) is 0.375. The Morgan fingerprint density at radius 3 is 2.94 bits per heavy atom. The van der Waals surface area contributed by atoms with Crippen LogP contribution >= 0.6 is 11.6 Å². The Bertz CT molecular complexity index is 440. The molecule has 0 atom stereocenters. The molecule has 0 bridgehead atoms. The quantitative estimate of drug-likeness (QED) is 0.364. The van der Waals surface area contributed by atoms with Crippen molar-refractivity contribution in [2.45, 2.75) is 6.42 Å². The summed E-state index contributed by atoms with van der Waals surface area (Å²) in [4.78, 5) is 28.0. The maximum absolute atomic E-state index is 10.8. The number of halogens is 1. The van der Waals surface area contributed by atoms with Crippen LogP contribution in [-0.4, -0.2) is 34.5 Å². The minimum atomic E-state index is -0.692. The summed E-state index contributed by atoms with van der Waals surface area (Å²) in [5.41, 5.74) is -0.418. The Morgan fingerprint density at radius 1 is 1.65 bits per heavy atom. The Morgan fingerprint density at radius 2 is 2.35 bits per heavy atom. The smallest absolute Gasteiger partial charge is 0.348 e. The highest BCUT2D eigenvalue weighted by Crippen LogP contribution is 2.27. The third kappa shape index (κ3) is 3.52. The molecule has 1 heterocycles. The molecule has 0 fully saturated rings. The van der Waals surface area contributed by atoms with Crippen molar-refractivity contribution in [3.05, 3.63) is 21.6 Å². The molecule has 0 aliphatic carbocycles. The standard InChI is InChI=1S/C8H9ClN4O4/c1-17-5(14)2-3-10-8-6(13(15)16)7(9)11-4-12-8/h4H,2-3H2,1H3,(H,10,11,12). The van der Waals surface area contributed by atoms with Gasteiger partial charge in [-0.2, -0.15) is 0 Å². The molecule has 8 nitrogen and oxygen atoms in total. The van der Waals surface area contributed by atoms with Gasteiger partial charge in [0.05, 0.1) is 18.5 Å². The van der Waals surface area contributed by atoms with Gasteiger partial charge in [0.1, 0.15) is 6.33 Å². The molecule has 1 aromatic heterocycles. The number of carbonyl (C=O) groups excluding carboxylic acids is 1. The lowest BCUT2D eigenvalue weighted by molar-refractivity contribution is -0.384. The van der Waals surface area contributed by atoms with Gasteiger partial charge >= 0.3 is 11.7 Å². The number of carbonyl (C=O) groups is 1. The van der Waals surface area contributed by atoms with E-state index in [1.165, 1.54) is 7.11 Å². The molecule has 0 saturated heterocycles. The van der Waals surface area contributed by atoms with E-state index >= 15 is 0 Å². The number of rotatable bonds is 5. The monoisotopic (exact) mass is 260 g/mol. The molecule has 92 valence electrons. The van der Waals surface area contributed by atoms with E-state index in [0.717, 1.165) is 6.33 Å². The predicted octanol–water partition coefficient (Wildman–Crippen LogP) is 1.01. The van der Waals surface area contributed by atoms with Crippen molar-refractivity contribution in [3.63, 3.8) is 0 Å². The summed E-state index contributed by atoms with van der Waals surface area (Å²) in [5.74, 6) is -0.459. The number of nitrogens with zero attached hydrogens (tertiary/aromatic N) is 3. The van der Waals surface area contributed by atoms with Crippen molar-refractivity contribution in [2.75, 3.05) is 19.0 Å². The molecule has 1 rings (SSSR count). The van der Waals surface area contributed by atoms with Crippen molar-refractivity contribution in [2.24, 2.45) is 0 Å². The maximum Gasteiger partial charge on any atom is 0.348 e. The molecule has 0 spiro atoms. The van der Waals surface area contributed by atoms with Crippen molar-refractivity contribution >= 4 is 29.1 Å². The highest BCUT2D eigenvalue weighted by molar-refractivity contribution is 6.31. The zero-order valence-corrected chi connectivity index (χ0v) is 9.60.